The third kappa shape index (κ3) is 3.88. The van der Waals surface area contributed by atoms with Gasteiger partial charge in [-0.05, 0) is 43.4 Å². The number of aromatic amines is 1. The predicted octanol–water partition coefficient (Wildman–Crippen LogP) is 3.75. The highest BCUT2D eigenvalue weighted by Crippen LogP contribution is 2.34. The normalized spacial score (nSPS) is 17.3. The zero-order valence-electron chi connectivity index (χ0n) is 16.3. The van der Waals surface area contributed by atoms with Crippen LogP contribution in [0.3, 0.4) is 0 Å². The number of anilines is 1. The van der Waals surface area contributed by atoms with Crippen molar-refractivity contribution in [3.63, 3.8) is 0 Å². The quantitative estimate of drug-likeness (QED) is 0.699. The molecule has 0 atom stereocenters. The standard InChI is InChI=1S/C23H25N5O/c29-23(26-19-6-7-19)18-8-11-24-21(14-18)28-12-9-17(10-13-28)22-20(15-25-27-22)16-4-2-1-3-5-16/h1-5,8,11,14-15,17,19H,6-7,9-10,12-13H2,(H,25,27)(H,26,29). The van der Waals surface area contributed by atoms with Gasteiger partial charge in [0.2, 0.25) is 0 Å². The first kappa shape index (κ1) is 17.9. The molecular formula is C23H25N5O. The van der Waals surface area contributed by atoms with Crippen LogP contribution in [0, 0.1) is 0 Å². The van der Waals surface area contributed by atoms with Gasteiger partial charge in [-0.1, -0.05) is 30.3 Å². The smallest absolute Gasteiger partial charge is 0.251 e. The predicted molar refractivity (Wildman–Crippen MR) is 113 cm³/mol. The number of amides is 1. The number of hydrogen-bond donors (Lipinski definition) is 2. The number of nitrogens with zero attached hydrogens (tertiary/aromatic N) is 3. The molecular weight excluding hydrogens is 362 g/mol. The lowest BCUT2D eigenvalue weighted by molar-refractivity contribution is 0.0951. The fourth-order valence-electron chi connectivity index (χ4n) is 4.08. The van der Waals surface area contributed by atoms with Crippen LogP contribution >= 0.6 is 0 Å². The minimum Gasteiger partial charge on any atom is -0.357 e. The van der Waals surface area contributed by atoms with Gasteiger partial charge in [0.05, 0.1) is 6.20 Å². The van der Waals surface area contributed by atoms with E-state index in [2.05, 4.69) is 49.7 Å². The van der Waals surface area contributed by atoms with Crippen LogP contribution < -0.4 is 10.2 Å². The van der Waals surface area contributed by atoms with E-state index in [4.69, 9.17) is 0 Å². The summed E-state index contributed by atoms with van der Waals surface area (Å²) in [6.07, 6.45) is 7.92. The number of carbonyl (C=O) groups is 1. The van der Waals surface area contributed by atoms with Crippen LogP contribution in [0.5, 0.6) is 0 Å². The Morgan fingerprint density at radius 1 is 1.07 bits per heavy atom. The molecule has 2 N–H and O–H groups in total. The van der Waals surface area contributed by atoms with Crippen molar-refractivity contribution in [3.8, 4) is 11.1 Å². The summed E-state index contributed by atoms with van der Waals surface area (Å²) in [5, 5.41) is 10.6. The molecule has 6 nitrogen and oxygen atoms in total. The molecule has 3 aromatic rings. The molecule has 3 heterocycles. The van der Waals surface area contributed by atoms with E-state index in [0.717, 1.165) is 44.6 Å². The second-order valence-corrected chi connectivity index (χ2v) is 7.98. The molecule has 0 bridgehead atoms. The molecule has 0 spiro atoms. The summed E-state index contributed by atoms with van der Waals surface area (Å²) < 4.78 is 0. The maximum absolute atomic E-state index is 12.3. The molecule has 5 rings (SSSR count). The lowest BCUT2D eigenvalue weighted by Gasteiger charge is -2.33. The summed E-state index contributed by atoms with van der Waals surface area (Å²) in [4.78, 5) is 19.1. The van der Waals surface area contributed by atoms with Crippen LogP contribution in [0.2, 0.25) is 0 Å². The summed E-state index contributed by atoms with van der Waals surface area (Å²) >= 11 is 0. The van der Waals surface area contributed by atoms with E-state index >= 15 is 0 Å². The zero-order chi connectivity index (χ0) is 19.6. The van der Waals surface area contributed by atoms with Crippen LogP contribution in [0.15, 0.2) is 54.9 Å². The maximum atomic E-state index is 12.3. The minimum atomic E-state index is 0.0102. The first-order valence-electron chi connectivity index (χ1n) is 10.4. The van der Waals surface area contributed by atoms with Crippen molar-refractivity contribution in [3.05, 3.63) is 66.1 Å². The van der Waals surface area contributed by atoms with Crippen molar-refractivity contribution < 1.29 is 4.79 Å². The number of hydrogen-bond acceptors (Lipinski definition) is 4. The van der Waals surface area contributed by atoms with Gasteiger partial charge in [0.1, 0.15) is 5.82 Å². The molecule has 0 unspecified atom stereocenters. The summed E-state index contributed by atoms with van der Waals surface area (Å²) in [7, 11) is 0. The second kappa shape index (κ2) is 7.70. The van der Waals surface area contributed by atoms with Crippen molar-refractivity contribution in [2.24, 2.45) is 0 Å². The van der Waals surface area contributed by atoms with Crippen LogP contribution in [-0.4, -0.2) is 40.2 Å². The SMILES string of the molecule is O=C(NC1CC1)c1ccnc(N2CCC(c3[nH]ncc3-c3ccccc3)CC2)c1. The number of pyridine rings is 1. The Labute approximate surface area is 170 Å². The number of rotatable bonds is 5. The van der Waals surface area contributed by atoms with Crippen LogP contribution in [0.25, 0.3) is 11.1 Å². The minimum absolute atomic E-state index is 0.0102. The van der Waals surface area contributed by atoms with Gasteiger partial charge in [-0.25, -0.2) is 4.98 Å². The Kier molecular flexibility index (Phi) is 4.76. The molecule has 1 aromatic carbocycles. The van der Waals surface area contributed by atoms with Gasteiger partial charge in [0, 0.05) is 48.1 Å². The van der Waals surface area contributed by atoms with Crippen molar-refractivity contribution in [2.75, 3.05) is 18.0 Å². The maximum Gasteiger partial charge on any atom is 0.251 e. The molecule has 2 aromatic heterocycles. The summed E-state index contributed by atoms with van der Waals surface area (Å²) in [6, 6.07) is 14.5. The molecule has 1 amide bonds. The van der Waals surface area contributed by atoms with E-state index in [1.54, 1.807) is 12.3 Å². The van der Waals surface area contributed by atoms with E-state index in [1.807, 2.05) is 18.3 Å². The number of nitrogens with one attached hydrogen (secondary N) is 2. The first-order chi connectivity index (χ1) is 14.3. The number of aromatic nitrogens is 3. The summed E-state index contributed by atoms with van der Waals surface area (Å²) in [5.41, 5.74) is 4.32. The van der Waals surface area contributed by atoms with Gasteiger partial charge in [-0.2, -0.15) is 5.10 Å². The molecule has 29 heavy (non-hydrogen) atoms. The van der Waals surface area contributed by atoms with Gasteiger partial charge in [-0.15, -0.1) is 0 Å². The van der Waals surface area contributed by atoms with Gasteiger partial charge in [-0.3, -0.25) is 9.89 Å². The third-order valence-corrected chi connectivity index (χ3v) is 5.90. The van der Waals surface area contributed by atoms with Gasteiger partial charge >= 0.3 is 0 Å². The van der Waals surface area contributed by atoms with Crippen molar-refractivity contribution in [2.45, 2.75) is 37.6 Å². The second-order valence-electron chi connectivity index (χ2n) is 7.98. The molecule has 1 saturated heterocycles. The highest BCUT2D eigenvalue weighted by atomic mass is 16.1. The Morgan fingerprint density at radius 3 is 2.62 bits per heavy atom. The third-order valence-electron chi connectivity index (χ3n) is 5.90. The molecule has 6 heteroatoms. The van der Waals surface area contributed by atoms with Crippen molar-refractivity contribution >= 4 is 11.7 Å². The molecule has 148 valence electrons. The average molecular weight is 387 g/mol. The Bertz CT molecular complexity index is 987. The van der Waals surface area contributed by atoms with Crippen LogP contribution in [0.4, 0.5) is 5.82 Å². The molecule has 1 aliphatic carbocycles. The summed E-state index contributed by atoms with van der Waals surface area (Å²) in [5.74, 6) is 1.35. The van der Waals surface area contributed by atoms with E-state index in [1.165, 1.54) is 16.8 Å². The fraction of sp³-hybridized carbons (Fsp3) is 0.348. The number of carbonyl (C=O) groups excluding carboxylic acids is 1. The lowest BCUT2D eigenvalue weighted by Crippen LogP contribution is -2.34. The first-order valence-corrected chi connectivity index (χ1v) is 10.4. The van der Waals surface area contributed by atoms with Gasteiger partial charge in [0.15, 0.2) is 0 Å². The van der Waals surface area contributed by atoms with Crippen molar-refractivity contribution in [1.82, 2.24) is 20.5 Å². The Hall–Kier alpha value is -3.15. The number of benzene rings is 1. The Morgan fingerprint density at radius 2 is 1.86 bits per heavy atom. The highest BCUT2D eigenvalue weighted by Gasteiger charge is 2.26. The monoisotopic (exact) mass is 387 g/mol. The molecule has 1 saturated carbocycles. The van der Waals surface area contributed by atoms with E-state index in [-0.39, 0.29) is 5.91 Å². The summed E-state index contributed by atoms with van der Waals surface area (Å²) in [6.45, 7) is 1.83. The van der Waals surface area contributed by atoms with Crippen LogP contribution in [-0.2, 0) is 0 Å². The van der Waals surface area contributed by atoms with E-state index < -0.39 is 0 Å². The van der Waals surface area contributed by atoms with Gasteiger partial charge in [0.25, 0.3) is 5.91 Å². The van der Waals surface area contributed by atoms with Crippen molar-refractivity contribution in [1.29, 1.82) is 0 Å². The Balaban J connectivity index is 1.27. The molecule has 2 aliphatic rings. The largest absolute Gasteiger partial charge is 0.357 e. The number of piperidine rings is 1. The van der Waals surface area contributed by atoms with Gasteiger partial charge < -0.3 is 10.2 Å². The molecule has 2 fully saturated rings. The van der Waals surface area contributed by atoms with E-state index in [0.29, 0.717) is 17.5 Å². The lowest BCUT2D eigenvalue weighted by atomic mass is 9.89. The van der Waals surface area contributed by atoms with Crippen LogP contribution in [0.1, 0.15) is 47.7 Å². The average Bonchev–Trinajstić information content (AvgIpc) is 3.46. The molecule has 1 aliphatic heterocycles. The number of H-pyrrole nitrogens is 1. The van der Waals surface area contributed by atoms with E-state index in [9.17, 15) is 4.79 Å². The zero-order valence-corrected chi connectivity index (χ0v) is 16.3. The molecule has 0 radical (unpaired) electrons. The highest BCUT2D eigenvalue weighted by molar-refractivity contribution is 5.95. The topological polar surface area (TPSA) is 73.9 Å². The fourth-order valence-corrected chi connectivity index (χ4v) is 4.08.